The van der Waals surface area contributed by atoms with E-state index in [-0.39, 0.29) is 17.3 Å². The van der Waals surface area contributed by atoms with E-state index >= 15 is 0 Å². The minimum Gasteiger partial charge on any atom is -0.497 e. The summed E-state index contributed by atoms with van der Waals surface area (Å²) in [6.07, 6.45) is 1.20. The molecule has 1 amide bonds. The quantitative estimate of drug-likeness (QED) is 0.388. The predicted molar refractivity (Wildman–Crippen MR) is 144 cm³/mol. The number of aryl methyl sites for hydroxylation is 3. The molecule has 0 saturated carbocycles. The number of hydrogen-bond donors (Lipinski definition) is 1. The van der Waals surface area contributed by atoms with Crippen molar-refractivity contribution in [2.75, 3.05) is 25.5 Å². The van der Waals surface area contributed by atoms with Crippen LogP contribution in [0.5, 0.6) is 5.75 Å². The van der Waals surface area contributed by atoms with Crippen molar-refractivity contribution in [2.45, 2.75) is 38.5 Å². The Labute approximate surface area is 220 Å². The molecule has 37 heavy (non-hydrogen) atoms. The Morgan fingerprint density at radius 1 is 1.11 bits per heavy atom. The Morgan fingerprint density at radius 3 is 2.57 bits per heavy atom. The van der Waals surface area contributed by atoms with Gasteiger partial charge in [0.1, 0.15) is 11.6 Å². The Kier molecular flexibility index (Phi) is 6.78. The van der Waals surface area contributed by atoms with Gasteiger partial charge in [-0.2, -0.15) is 14.1 Å². The highest BCUT2D eigenvalue weighted by Crippen LogP contribution is 2.30. The third-order valence-corrected chi connectivity index (χ3v) is 9.58. The molecule has 194 valence electrons. The van der Waals surface area contributed by atoms with E-state index in [0.29, 0.717) is 36.1 Å². The smallest absolute Gasteiger partial charge is 0.243 e. The largest absolute Gasteiger partial charge is 0.497 e. The number of ether oxygens (including phenoxy) is 1. The van der Waals surface area contributed by atoms with E-state index in [1.807, 2.05) is 6.92 Å². The molecule has 1 atom stereocenters. The van der Waals surface area contributed by atoms with Gasteiger partial charge in [0.2, 0.25) is 21.1 Å². The minimum absolute atomic E-state index is 0.118. The zero-order valence-corrected chi connectivity index (χ0v) is 22.8. The van der Waals surface area contributed by atoms with Gasteiger partial charge in [0.25, 0.3) is 0 Å². The number of hydrogen-bond acceptors (Lipinski definition) is 7. The van der Waals surface area contributed by atoms with E-state index in [1.165, 1.54) is 46.0 Å². The fourth-order valence-electron chi connectivity index (χ4n) is 4.49. The maximum Gasteiger partial charge on any atom is 0.243 e. The molecule has 0 spiro atoms. The molecular weight excluding hydrogens is 510 g/mol. The first-order valence-corrected chi connectivity index (χ1v) is 14.3. The molecule has 1 N–H and O–H groups in total. The molecule has 2 aromatic heterocycles. The first-order chi connectivity index (χ1) is 17.7. The molecule has 1 saturated heterocycles. The Morgan fingerprint density at radius 2 is 1.84 bits per heavy atom. The number of fused-ring (bicyclic) bond motifs is 1. The Balaban J connectivity index is 1.35. The number of thiazole rings is 1. The van der Waals surface area contributed by atoms with E-state index in [4.69, 9.17) is 9.72 Å². The van der Waals surface area contributed by atoms with Gasteiger partial charge < -0.3 is 10.1 Å². The summed E-state index contributed by atoms with van der Waals surface area (Å²) in [5, 5.41) is 8.21. The van der Waals surface area contributed by atoms with Crippen molar-refractivity contribution in [2.24, 2.45) is 5.92 Å². The lowest BCUT2D eigenvalue weighted by Crippen LogP contribution is -2.43. The molecular formula is C26H29N5O4S2. The summed E-state index contributed by atoms with van der Waals surface area (Å²) in [5.41, 5.74) is 4.00. The van der Waals surface area contributed by atoms with Gasteiger partial charge >= 0.3 is 0 Å². The van der Waals surface area contributed by atoms with Crippen LogP contribution < -0.4 is 10.1 Å². The van der Waals surface area contributed by atoms with Gasteiger partial charge in [-0.05, 0) is 81.1 Å². The van der Waals surface area contributed by atoms with Gasteiger partial charge in [0.05, 0.1) is 33.8 Å². The van der Waals surface area contributed by atoms with Crippen LogP contribution in [0.15, 0.2) is 47.4 Å². The number of sulfonamides is 1. The van der Waals surface area contributed by atoms with Crippen LogP contribution in [-0.2, 0) is 14.8 Å². The first kappa shape index (κ1) is 25.4. The highest BCUT2D eigenvalue weighted by atomic mass is 32.2. The molecule has 0 aliphatic carbocycles. The number of aromatic nitrogens is 3. The zero-order valence-electron chi connectivity index (χ0n) is 21.2. The number of rotatable bonds is 6. The minimum atomic E-state index is -3.72. The maximum absolute atomic E-state index is 13.3. The SMILES string of the molecule is COc1ccc(S(=O)(=O)N2CCCC(C(=O)Nc3cc(C)nn3-c3nc4cc(C)c(C)cc4s3)C2)cc1. The molecule has 4 aromatic rings. The predicted octanol–water partition coefficient (Wildman–Crippen LogP) is 4.46. The van der Waals surface area contributed by atoms with E-state index < -0.39 is 15.9 Å². The molecule has 11 heteroatoms. The fourth-order valence-corrected chi connectivity index (χ4v) is 7.03. The topological polar surface area (TPSA) is 106 Å². The lowest BCUT2D eigenvalue weighted by atomic mass is 9.99. The number of methoxy groups -OCH3 is 1. The van der Waals surface area contributed by atoms with Crippen molar-refractivity contribution in [1.82, 2.24) is 19.1 Å². The average molecular weight is 540 g/mol. The average Bonchev–Trinajstić information content (AvgIpc) is 3.46. The van der Waals surface area contributed by atoms with Gasteiger partial charge in [-0.3, -0.25) is 4.79 Å². The molecule has 0 radical (unpaired) electrons. The molecule has 1 fully saturated rings. The van der Waals surface area contributed by atoms with Gasteiger partial charge in [0, 0.05) is 19.2 Å². The van der Waals surface area contributed by atoms with Gasteiger partial charge in [-0.1, -0.05) is 11.3 Å². The molecule has 9 nitrogen and oxygen atoms in total. The normalized spacial score (nSPS) is 16.7. The van der Waals surface area contributed by atoms with E-state index in [2.05, 4.69) is 36.4 Å². The van der Waals surface area contributed by atoms with Gasteiger partial charge in [-0.15, -0.1) is 0 Å². The van der Waals surface area contributed by atoms with Crippen LogP contribution in [0, 0.1) is 26.7 Å². The van der Waals surface area contributed by atoms with Crippen LogP contribution in [0.4, 0.5) is 5.82 Å². The van der Waals surface area contributed by atoms with Crippen molar-refractivity contribution in [1.29, 1.82) is 0 Å². The lowest BCUT2D eigenvalue weighted by Gasteiger charge is -2.31. The highest BCUT2D eigenvalue weighted by Gasteiger charge is 2.34. The molecule has 5 rings (SSSR count). The molecule has 1 aliphatic heterocycles. The second kappa shape index (κ2) is 9.88. The summed E-state index contributed by atoms with van der Waals surface area (Å²) in [4.78, 5) is 18.2. The number of nitrogens with one attached hydrogen (secondary N) is 1. The summed E-state index contributed by atoms with van der Waals surface area (Å²) in [6.45, 7) is 6.48. The lowest BCUT2D eigenvalue weighted by molar-refractivity contribution is -0.120. The van der Waals surface area contributed by atoms with Gasteiger partial charge in [0.15, 0.2) is 0 Å². The number of carbonyl (C=O) groups excluding carboxylic acids is 1. The number of piperidine rings is 1. The third-order valence-electron chi connectivity index (χ3n) is 6.71. The fraction of sp³-hybridized carbons (Fsp3) is 0.346. The van der Waals surface area contributed by atoms with Crippen molar-refractivity contribution >= 4 is 43.3 Å². The standard InChI is InChI=1S/C26H29N5O4S2/c1-16-12-22-23(13-17(16)2)36-26(27-22)31-24(14-18(3)29-31)28-25(32)19-6-5-11-30(15-19)37(33,34)21-9-7-20(35-4)8-10-21/h7-10,12-14,19H,5-6,11,15H2,1-4H3,(H,28,32). The second-order valence-electron chi connectivity index (χ2n) is 9.35. The molecule has 2 aromatic carbocycles. The van der Waals surface area contributed by atoms with Crippen LogP contribution in [0.1, 0.15) is 29.7 Å². The van der Waals surface area contributed by atoms with E-state index in [9.17, 15) is 13.2 Å². The summed E-state index contributed by atoms with van der Waals surface area (Å²) in [5.74, 6) is 0.389. The number of anilines is 1. The molecule has 1 unspecified atom stereocenters. The van der Waals surface area contributed by atoms with Crippen LogP contribution in [-0.4, -0.2) is 53.6 Å². The Hall–Kier alpha value is -3.28. The number of carbonyl (C=O) groups is 1. The van der Waals surface area contributed by atoms with Crippen molar-refractivity contribution in [3.63, 3.8) is 0 Å². The van der Waals surface area contributed by atoms with Gasteiger partial charge in [-0.25, -0.2) is 13.4 Å². The summed E-state index contributed by atoms with van der Waals surface area (Å²) < 4.78 is 35.7. The monoisotopic (exact) mass is 539 g/mol. The highest BCUT2D eigenvalue weighted by molar-refractivity contribution is 7.89. The number of nitrogens with zero attached hydrogens (tertiary/aromatic N) is 4. The van der Waals surface area contributed by atoms with Crippen LogP contribution in [0.3, 0.4) is 0 Å². The first-order valence-electron chi connectivity index (χ1n) is 12.1. The number of amides is 1. The van der Waals surface area contributed by atoms with Crippen molar-refractivity contribution in [3.05, 3.63) is 59.3 Å². The number of benzene rings is 2. The molecule has 1 aliphatic rings. The van der Waals surface area contributed by atoms with E-state index in [0.717, 1.165) is 15.9 Å². The summed E-state index contributed by atoms with van der Waals surface area (Å²) in [7, 11) is -2.19. The Bertz CT molecular complexity index is 1540. The van der Waals surface area contributed by atoms with Crippen molar-refractivity contribution < 1.29 is 17.9 Å². The summed E-state index contributed by atoms with van der Waals surface area (Å²) >= 11 is 1.51. The molecule has 0 bridgehead atoms. The zero-order chi connectivity index (χ0) is 26.3. The molecule has 3 heterocycles. The van der Waals surface area contributed by atoms with Crippen LogP contribution in [0.2, 0.25) is 0 Å². The maximum atomic E-state index is 13.3. The van der Waals surface area contributed by atoms with E-state index in [1.54, 1.807) is 22.9 Å². The van der Waals surface area contributed by atoms with Crippen LogP contribution in [0.25, 0.3) is 15.3 Å². The second-order valence-corrected chi connectivity index (χ2v) is 12.3. The van der Waals surface area contributed by atoms with Crippen molar-refractivity contribution in [3.8, 4) is 10.9 Å². The summed E-state index contributed by atoms with van der Waals surface area (Å²) in [6, 6.07) is 12.3. The van der Waals surface area contributed by atoms with Crippen LogP contribution >= 0.6 is 11.3 Å². The third kappa shape index (κ3) is 4.98.